The van der Waals surface area contributed by atoms with Gasteiger partial charge >= 0.3 is 0 Å². The monoisotopic (exact) mass is 821 g/mol. The predicted octanol–water partition coefficient (Wildman–Crippen LogP) is 5.32. The van der Waals surface area contributed by atoms with E-state index < -0.39 is 0 Å². The van der Waals surface area contributed by atoms with E-state index in [0.29, 0.717) is 23.2 Å². The standard InChI is InChI=1S/C39H53N3O6.3ClH.3H2O/c1-46-37-18-25-12-15-40-31(28(25)21-34(37)43)7-5-4-6-24(8-10-32-29-22-35(44)38(47-2)19-26(29)13-16-41-32)9-11-33-30-23-36(45)39(48-3)20-27(30)14-17-42-33;;;;;;/h18-24,31-33,40-45H,4-17H2,1-3H3;3*1H;3*1H2. The zero-order valence-corrected chi connectivity index (χ0v) is 33.9. The van der Waals surface area contributed by atoms with E-state index in [1.165, 1.54) is 33.4 Å². The van der Waals surface area contributed by atoms with Crippen LogP contribution in [0.5, 0.6) is 34.5 Å². The molecule has 3 unspecified atom stereocenters. The van der Waals surface area contributed by atoms with Crippen LogP contribution < -0.4 is 30.2 Å². The molecule has 0 fully saturated rings. The molecule has 12 N–H and O–H groups in total. The fraction of sp³-hybridized carbons (Fsp3) is 0.538. The summed E-state index contributed by atoms with van der Waals surface area (Å²) in [6, 6.07) is 12.3. The number of benzene rings is 3. The van der Waals surface area contributed by atoms with E-state index >= 15 is 0 Å². The Hall–Kier alpha value is -2.91. The molecule has 3 aromatic rings. The molecule has 6 rings (SSSR count). The van der Waals surface area contributed by atoms with E-state index in [-0.39, 0.29) is 89.0 Å². The molecular weight excluding hydrogens is 761 g/mol. The molecule has 0 aromatic heterocycles. The first-order valence-corrected chi connectivity index (χ1v) is 17.8. The molecule has 12 nitrogen and oxygen atoms in total. The number of rotatable bonds is 14. The van der Waals surface area contributed by atoms with Crippen molar-refractivity contribution in [1.29, 1.82) is 0 Å². The van der Waals surface area contributed by atoms with Gasteiger partial charge in [-0.05, 0) is 147 Å². The van der Waals surface area contributed by atoms with Gasteiger partial charge in [-0.25, -0.2) is 0 Å². The number of ether oxygens (including phenoxy) is 3. The number of aromatic hydroxyl groups is 3. The molecular formula is C39H62Cl3N3O9. The van der Waals surface area contributed by atoms with E-state index in [2.05, 4.69) is 16.0 Å². The third-order valence-electron chi connectivity index (χ3n) is 10.9. The minimum Gasteiger partial charge on any atom is -0.504 e. The summed E-state index contributed by atoms with van der Waals surface area (Å²) in [6.07, 6.45) is 11.4. The highest BCUT2D eigenvalue weighted by atomic mass is 35.5. The summed E-state index contributed by atoms with van der Waals surface area (Å²) in [5.74, 6) is 2.79. The third-order valence-corrected chi connectivity index (χ3v) is 10.9. The first-order chi connectivity index (χ1) is 23.4. The molecule has 54 heavy (non-hydrogen) atoms. The zero-order valence-electron chi connectivity index (χ0n) is 31.5. The summed E-state index contributed by atoms with van der Waals surface area (Å²) in [7, 11) is 4.81. The molecule has 3 aliphatic heterocycles. The van der Waals surface area contributed by atoms with Crippen LogP contribution >= 0.6 is 37.2 Å². The minimum absolute atomic E-state index is 0. The van der Waals surface area contributed by atoms with Gasteiger partial charge in [0.2, 0.25) is 0 Å². The Labute approximate surface area is 337 Å². The lowest BCUT2D eigenvalue weighted by atomic mass is 9.83. The van der Waals surface area contributed by atoms with Gasteiger partial charge < -0.3 is 61.9 Å². The molecule has 0 amide bonds. The van der Waals surface area contributed by atoms with Gasteiger partial charge in [-0.3, -0.25) is 0 Å². The highest BCUT2D eigenvalue weighted by Crippen LogP contribution is 2.40. The molecule has 0 radical (unpaired) electrons. The van der Waals surface area contributed by atoms with Gasteiger partial charge in [-0.2, -0.15) is 0 Å². The van der Waals surface area contributed by atoms with Crippen molar-refractivity contribution >= 4 is 37.2 Å². The summed E-state index contributed by atoms with van der Waals surface area (Å²) in [5.41, 5.74) is 7.35. The number of hydrogen-bond donors (Lipinski definition) is 6. The van der Waals surface area contributed by atoms with E-state index in [0.717, 1.165) is 90.3 Å². The lowest BCUT2D eigenvalue weighted by Crippen LogP contribution is -2.31. The first-order valence-electron chi connectivity index (χ1n) is 17.8. The number of fused-ring (bicyclic) bond motifs is 3. The van der Waals surface area contributed by atoms with Crippen LogP contribution in [0.25, 0.3) is 0 Å². The maximum Gasteiger partial charge on any atom is 0.160 e. The second kappa shape index (κ2) is 23.9. The fourth-order valence-corrected chi connectivity index (χ4v) is 8.26. The lowest BCUT2D eigenvalue weighted by Gasteiger charge is -2.31. The smallest absolute Gasteiger partial charge is 0.160 e. The summed E-state index contributed by atoms with van der Waals surface area (Å²) in [4.78, 5) is 0. The van der Waals surface area contributed by atoms with Crippen molar-refractivity contribution in [2.75, 3.05) is 41.0 Å². The summed E-state index contributed by atoms with van der Waals surface area (Å²) < 4.78 is 16.1. The van der Waals surface area contributed by atoms with Crippen LogP contribution in [-0.2, 0) is 19.3 Å². The summed E-state index contributed by atoms with van der Waals surface area (Å²) in [6.45, 7) is 2.77. The van der Waals surface area contributed by atoms with Crippen molar-refractivity contribution in [3.05, 3.63) is 69.8 Å². The molecule has 0 saturated heterocycles. The molecule has 0 aliphatic carbocycles. The first kappa shape index (κ1) is 51.1. The highest BCUT2D eigenvalue weighted by molar-refractivity contribution is 5.86. The Bertz CT molecular complexity index is 1510. The number of unbranched alkanes of at least 4 members (excludes halogenated alkanes) is 1. The van der Waals surface area contributed by atoms with Crippen molar-refractivity contribution in [3.8, 4) is 34.5 Å². The van der Waals surface area contributed by atoms with Crippen molar-refractivity contribution in [2.45, 2.75) is 88.8 Å². The van der Waals surface area contributed by atoms with Crippen molar-refractivity contribution in [3.63, 3.8) is 0 Å². The van der Waals surface area contributed by atoms with Crippen LogP contribution in [0, 0.1) is 5.92 Å². The van der Waals surface area contributed by atoms with Crippen molar-refractivity contribution in [2.24, 2.45) is 5.92 Å². The number of methoxy groups -OCH3 is 3. The lowest BCUT2D eigenvalue weighted by molar-refractivity contribution is 0.320. The highest BCUT2D eigenvalue weighted by Gasteiger charge is 2.27. The van der Waals surface area contributed by atoms with Crippen LogP contribution in [-0.4, -0.2) is 72.7 Å². The average Bonchev–Trinajstić information content (AvgIpc) is 3.10. The van der Waals surface area contributed by atoms with Gasteiger partial charge in [-0.1, -0.05) is 19.3 Å². The molecule has 0 bridgehead atoms. The van der Waals surface area contributed by atoms with E-state index in [4.69, 9.17) is 14.2 Å². The van der Waals surface area contributed by atoms with E-state index in [9.17, 15) is 15.3 Å². The molecule has 0 spiro atoms. The maximum absolute atomic E-state index is 10.6. The Balaban J connectivity index is 0.00000468. The van der Waals surface area contributed by atoms with Gasteiger partial charge in [-0.15, -0.1) is 37.2 Å². The van der Waals surface area contributed by atoms with Crippen LogP contribution in [0.3, 0.4) is 0 Å². The maximum atomic E-state index is 10.6. The Morgan fingerprint density at radius 1 is 0.519 bits per heavy atom. The van der Waals surface area contributed by atoms with Crippen LogP contribution in [0.1, 0.15) is 103 Å². The van der Waals surface area contributed by atoms with Gasteiger partial charge in [0.05, 0.1) is 21.3 Å². The number of phenols is 3. The number of halogens is 3. The molecule has 15 heteroatoms. The molecule has 3 aromatic carbocycles. The number of hydrogen-bond acceptors (Lipinski definition) is 9. The number of nitrogens with one attached hydrogen (secondary N) is 3. The van der Waals surface area contributed by atoms with Gasteiger partial charge in [0, 0.05) is 18.1 Å². The predicted molar refractivity (Wildman–Crippen MR) is 220 cm³/mol. The second-order valence-electron chi connectivity index (χ2n) is 13.7. The summed E-state index contributed by atoms with van der Waals surface area (Å²) >= 11 is 0. The fourth-order valence-electron chi connectivity index (χ4n) is 8.26. The molecule has 0 saturated carbocycles. The quantitative estimate of drug-likeness (QED) is 0.116. The van der Waals surface area contributed by atoms with Crippen molar-refractivity contribution < 1.29 is 46.0 Å². The van der Waals surface area contributed by atoms with Gasteiger partial charge in [0.1, 0.15) is 0 Å². The third kappa shape index (κ3) is 11.8. The zero-order chi connectivity index (χ0) is 33.6. The topological polar surface area (TPSA) is 219 Å². The Morgan fingerprint density at radius 2 is 0.852 bits per heavy atom. The Morgan fingerprint density at radius 3 is 1.19 bits per heavy atom. The number of phenolic OH excluding ortho intramolecular Hbond substituents is 3. The summed E-state index contributed by atoms with van der Waals surface area (Å²) in [5, 5.41) is 42.7. The van der Waals surface area contributed by atoms with Crippen LogP contribution in [0.2, 0.25) is 0 Å². The minimum atomic E-state index is 0. The largest absolute Gasteiger partial charge is 0.504 e. The van der Waals surface area contributed by atoms with E-state index in [1.807, 2.05) is 36.4 Å². The van der Waals surface area contributed by atoms with Crippen LogP contribution in [0.15, 0.2) is 36.4 Å². The second-order valence-corrected chi connectivity index (χ2v) is 13.7. The van der Waals surface area contributed by atoms with Crippen LogP contribution in [0.4, 0.5) is 0 Å². The Kier molecular flexibility index (Phi) is 22.6. The normalized spacial score (nSPS) is 18.4. The molecule has 308 valence electrons. The molecule has 3 aliphatic rings. The average molecular weight is 823 g/mol. The van der Waals surface area contributed by atoms with Gasteiger partial charge in [0.25, 0.3) is 0 Å². The SMILES string of the molecule is COc1cc2c(cc1O)C(CCCCC(CCC1NCCc3cc(OC)c(O)cc31)CCC1NCCc3cc(OC)c(O)cc31)NCC2.Cl.Cl.Cl.O.O.O. The molecule has 3 heterocycles. The van der Waals surface area contributed by atoms with Crippen molar-refractivity contribution in [1.82, 2.24) is 16.0 Å². The van der Waals surface area contributed by atoms with E-state index in [1.54, 1.807) is 21.3 Å². The molecule has 3 atom stereocenters. The van der Waals surface area contributed by atoms with Gasteiger partial charge in [0.15, 0.2) is 34.5 Å².